The third-order valence-corrected chi connectivity index (χ3v) is 4.66. The summed E-state index contributed by atoms with van der Waals surface area (Å²) in [4.78, 5) is 23.0. The van der Waals surface area contributed by atoms with Gasteiger partial charge in [-0.25, -0.2) is 4.68 Å². The molecular weight excluding hydrogens is 326 g/mol. The summed E-state index contributed by atoms with van der Waals surface area (Å²) in [7, 11) is 0. The first-order valence-corrected chi connectivity index (χ1v) is 9.04. The Morgan fingerprint density at radius 3 is 2.71 bits per heavy atom. The topological polar surface area (TPSA) is 84.2 Å². The van der Waals surface area contributed by atoms with Crippen LogP contribution in [0.1, 0.15) is 34.9 Å². The molecule has 1 saturated carbocycles. The number of amides is 1. The molecule has 6 nitrogen and oxygen atoms in total. The van der Waals surface area contributed by atoms with Crippen LogP contribution in [-0.2, 0) is 4.79 Å². The second-order valence-corrected chi connectivity index (χ2v) is 6.78. The lowest BCUT2D eigenvalue weighted by Gasteiger charge is -2.08. The first-order chi connectivity index (χ1) is 11.6. The van der Waals surface area contributed by atoms with Crippen molar-refractivity contribution in [3.05, 3.63) is 47.8 Å². The number of aliphatic carboxylic acids is 1. The highest BCUT2D eigenvalue weighted by molar-refractivity contribution is 7.99. The summed E-state index contributed by atoms with van der Waals surface area (Å²) in [6.07, 6.45) is 2.25. The molecule has 1 aromatic heterocycles. The Morgan fingerprint density at radius 2 is 2.04 bits per heavy atom. The Hall–Kier alpha value is -2.28. The van der Waals surface area contributed by atoms with Gasteiger partial charge in [-0.1, -0.05) is 18.2 Å². The minimum atomic E-state index is -0.845. The normalized spacial score (nSPS) is 13.7. The van der Waals surface area contributed by atoms with E-state index in [0.717, 1.165) is 24.2 Å². The van der Waals surface area contributed by atoms with E-state index in [1.807, 2.05) is 36.4 Å². The highest BCUT2D eigenvalue weighted by atomic mass is 32.2. The third kappa shape index (κ3) is 4.17. The molecule has 0 unspecified atom stereocenters. The number of carbonyl (C=O) groups excluding carboxylic acids is 1. The first kappa shape index (κ1) is 16.6. The van der Waals surface area contributed by atoms with Gasteiger partial charge < -0.3 is 10.4 Å². The molecule has 2 aromatic rings. The van der Waals surface area contributed by atoms with Crippen molar-refractivity contribution in [3.63, 3.8) is 0 Å². The Balaban J connectivity index is 1.69. The van der Waals surface area contributed by atoms with Gasteiger partial charge in [0.1, 0.15) is 5.69 Å². The van der Waals surface area contributed by atoms with Crippen molar-refractivity contribution in [1.82, 2.24) is 15.1 Å². The quantitative estimate of drug-likeness (QED) is 0.717. The first-order valence-electron chi connectivity index (χ1n) is 7.88. The van der Waals surface area contributed by atoms with Crippen LogP contribution >= 0.6 is 11.8 Å². The maximum Gasteiger partial charge on any atom is 0.313 e. The summed E-state index contributed by atoms with van der Waals surface area (Å²) in [6.45, 7) is 0.426. The van der Waals surface area contributed by atoms with E-state index in [2.05, 4.69) is 10.4 Å². The predicted octanol–water partition coefficient (Wildman–Crippen LogP) is 2.30. The molecular formula is C17H19N3O3S. The lowest BCUT2D eigenvalue weighted by atomic mass is 10.2. The number of nitrogens with one attached hydrogen (secondary N) is 1. The molecule has 1 aromatic carbocycles. The van der Waals surface area contributed by atoms with Crippen molar-refractivity contribution >= 4 is 23.6 Å². The van der Waals surface area contributed by atoms with Crippen LogP contribution in [0.15, 0.2) is 36.4 Å². The molecule has 1 heterocycles. The zero-order valence-corrected chi connectivity index (χ0v) is 14.0. The number of carboxylic acids is 1. The van der Waals surface area contributed by atoms with Gasteiger partial charge in [0.15, 0.2) is 0 Å². The van der Waals surface area contributed by atoms with Crippen LogP contribution in [0.4, 0.5) is 0 Å². The van der Waals surface area contributed by atoms with Crippen LogP contribution in [0.5, 0.6) is 0 Å². The SMILES string of the molecule is O=C(O)CSCCNC(=O)c1cc(C2CC2)nn1-c1ccccc1. The van der Waals surface area contributed by atoms with Gasteiger partial charge in [0.25, 0.3) is 5.91 Å². The number of rotatable bonds is 8. The van der Waals surface area contributed by atoms with E-state index in [9.17, 15) is 9.59 Å². The summed E-state index contributed by atoms with van der Waals surface area (Å²) in [6, 6.07) is 11.5. The van der Waals surface area contributed by atoms with E-state index in [4.69, 9.17) is 5.11 Å². The largest absolute Gasteiger partial charge is 0.481 e. The number of para-hydroxylation sites is 1. The number of nitrogens with zero attached hydrogens (tertiary/aromatic N) is 2. The molecule has 0 saturated heterocycles. The van der Waals surface area contributed by atoms with Crippen LogP contribution in [0.2, 0.25) is 0 Å². The number of carbonyl (C=O) groups is 2. The van der Waals surface area contributed by atoms with Gasteiger partial charge in [-0.2, -0.15) is 5.10 Å². The van der Waals surface area contributed by atoms with Crippen LogP contribution in [-0.4, -0.2) is 44.8 Å². The molecule has 24 heavy (non-hydrogen) atoms. The highest BCUT2D eigenvalue weighted by Gasteiger charge is 2.28. The summed E-state index contributed by atoms with van der Waals surface area (Å²) in [5.74, 6) is 0.0424. The van der Waals surface area contributed by atoms with Gasteiger partial charge in [0.05, 0.1) is 17.1 Å². The number of aromatic nitrogens is 2. The summed E-state index contributed by atoms with van der Waals surface area (Å²) < 4.78 is 1.69. The van der Waals surface area contributed by atoms with Crippen LogP contribution < -0.4 is 5.32 Å². The smallest absolute Gasteiger partial charge is 0.313 e. The molecule has 3 rings (SSSR count). The highest BCUT2D eigenvalue weighted by Crippen LogP contribution is 2.39. The molecule has 0 spiro atoms. The molecule has 2 N–H and O–H groups in total. The van der Waals surface area contributed by atoms with E-state index < -0.39 is 5.97 Å². The van der Waals surface area contributed by atoms with Gasteiger partial charge in [0.2, 0.25) is 0 Å². The van der Waals surface area contributed by atoms with E-state index in [1.165, 1.54) is 11.8 Å². The molecule has 1 fully saturated rings. The van der Waals surface area contributed by atoms with Gasteiger partial charge in [-0.3, -0.25) is 9.59 Å². The molecule has 1 aliphatic rings. The molecule has 7 heteroatoms. The average molecular weight is 345 g/mol. The maximum atomic E-state index is 12.5. The van der Waals surface area contributed by atoms with Crippen LogP contribution in [0.3, 0.4) is 0 Å². The predicted molar refractivity (Wildman–Crippen MR) is 92.8 cm³/mol. The molecule has 0 radical (unpaired) electrons. The fourth-order valence-corrected chi connectivity index (χ4v) is 2.96. The van der Waals surface area contributed by atoms with Gasteiger partial charge in [-0.15, -0.1) is 11.8 Å². The van der Waals surface area contributed by atoms with Crippen LogP contribution in [0, 0.1) is 0 Å². The Kier molecular flexibility index (Phi) is 5.20. The van der Waals surface area contributed by atoms with Crippen molar-refractivity contribution in [3.8, 4) is 5.69 Å². The number of benzene rings is 1. The monoisotopic (exact) mass is 345 g/mol. The summed E-state index contributed by atoms with van der Waals surface area (Å²) in [5, 5.41) is 16.0. The van der Waals surface area contributed by atoms with E-state index in [-0.39, 0.29) is 11.7 Å². The van der Waals surface area contributed by atoms with E-state index >= 15 is 0 Å². The minimum Gasteiger partial charge on any atom is -0.481 e. The molecule has 0 aliphatic heterocycles. The molecule has 126 valence electrons. The standard InChI is InChI=1S/C17H19N3O3S/c21-16(22)11-24-9-8-18-17(23)15-10-14(12-6-7-12)19-20(15)13-4-2-1-3-5-13/h1-5,10,12H,6-9,11H2,(H,18,23)(H,21,22). The number of thioether (sulfide) groups is 1. The maximum absolute atomic E-state index is 12.5. The molecule has 1 amide bonds. The van der Waals surface area contributed by atoms with Gasteiger partial charge in [0, 0.05) is 18.2 Å². The van der Waals surface area contributed by atoms with Crippen LogP contribution in [0.25, 0.3) is 5.69 Å². The van der Waals surface area contributed by atoms with Crippen molar-refractivity contribution in [1.29, 1.82) is 0 Å². The summed E-state index contributed by atoms with van der Waals surface area (Å²) >= 11 is 1.28. The zero-order chi connectivity index (χ0) is 16.9. The Morgan fingerprint density at radius 1 is 1.29 bits per heavy atom. The molecule has 0 atom stereocenters. The molecule has 1 aliphatic carbocycles. The van der Waals surface area contributed by atoms with E-state index in [0.29, 0.717) is 23.9 Å². The summed E-state index contributed by atoms with van der Waals surface area (Å²) in [5.41, 5.74) is 2.34. The Bertz CT molecular complexity index is 726. The van der Waals surface area contributed by atoms with Crippen molar-refractivity contribution in [2.45, 2.75) is 18.8 Å². The second-order valence-electron chi connectivity index (χ2n) is 5.68. The minimum absolute atomic E-state index is 0.0453. The lowest BCUT2D eigenvalue weighted by Crippen LogP contribution is -2.28. The zero-order valence-electron chi connectivity index (χ0n) is 13.1. The van der Waals surface area contributed by atoms with Gasteiger partial charge in [-0.05, 0) is 31.0 Å². The third-order valence-electron chi connectivity index (χ3n) is 3.71. The van der Waals surface area contributed by atoms with Gasteiger partial charge >= 0.3 is 5.97 Å². The van der Waals surface area contributed by atoms with Crippen molar-refractivity contribution < 1.29 is 14.7 Å². The fraction of sp³-hybridized carbons (Fsp3) is 0.353. The van der Waals surface area contributed by atoms with Crippen molar-refractivity contribution in [2.75, 3.05) is 18.1 Å². The fourth-order valence-electron chi connectivity index (χ4n) is 2.39. The van der Waals surface area contributed by atoms with E-state index in [1.54, 1.807) is 4.68 Å². The lowest BCUT2D eigenvalue weighted by molar-refractivity contribution is -0.133. The average Bonchev–Trinajstić information content (AvgIpc) is 3.33. The molecule has 0 bridgehead atoms. The number of hydrogen-bond donors (Lipinski definition) is 2. The number of hydrogen-bond acceptors (Lipinski definition) is 4. The number of carboxylic acid groups (broad SMARTS) is 1. The van der Waals surface area contributed by atoms with Crippen molar-refractivity contribution in [2.24, 2.45) is 0 Å². The Labute approximate surface area is 144 Å². The second kappa shape index (κ2) is 7.53.